The fourth-order valence-electron chi connectivity index (χ4n) is 5.10. The van der Waals surface area contributed by atoms with Crippen LogP contribution in [-0.4, -0.2) is 30.3 Å². The summed E-state index contributed by atoms with van der Waals surface area (Å²) in [7, 11) is -3.91. The molecule has 21 heavy (non-hydrogen) atoms. The average molecular weight is 315 g/mol. The standard InChI is InChI=1S/C16H29NO3S/c18-21(19,20)15-11-5-7-12-6-4-10-14(16(12)15)17-13-8-2-1-3-9-13/h12-17H,1-11H2,(H,18,19,20). The number of fused-ring (bicyclic) bond motifs is 1. The highest BCUT2D eigenvalue weighted by atomic mass is 32.2. The highest BCUT2D eigenvalue weighted by molar-refractivity contribution is 7.86. The van der Waals surface area contributed by atoms with Crippen molar-refractivity contribution < 1.29 is 13.0 Å². The van der Waals surface area contributed by atoms with Crippen LogP contribution < -0.4 is 5.32 Å². The zero-order valence-electron chi connectivity index (χ0n) is 12.8. The molecule has 3 fully saturated rings. The maximum atomic E-state index is 11.8. The van der Waals surface area contributed by atoms with Crippen molar-refractivity contribution in [2.45, 2.75) is 88.0 Å². The first kappa shape index (κ1) is 15.8. The molecule has 0 aromatic heterocycles. The summed E-state index contributed by atoms with van der Waals surface area (Å²) < 4.78 is 33.3. The van der Waals surface area contributed by atoms with Crippen LogP contribution in [0.25, 0.3) is 0 Å². The van der Waals surface area contributed by atoms with Gasteiger partial charge in [-0.15, -0.1) is 0 Å². The smallest absolute Gasteiger partial charge is 0.268 e. The van der Waals surface area contributed by atoms with Crippen LogP contribution in [-0.2, 0) is 10.1 Å². The van der Waals surface area contributed by atoms with Crippen molar-refractivity contribution in [3.8, 4) is 0 Å². The molecule has 4 nitrogen and oxygen atoms in total. The summed E-state index contributed by atoms with van der Waals surface area (Å²) in [6, 6.07) is 0.852. The van der Waals surface area contributed by atoms with E-state index in [4.69, 9.17) is 0 Å². The van der Waals surface area contributed by atoms with E-state index in [0.29, 0.717) is 24.4 Å². The van der Waals surface area contributed by atoms with Crippen molar-refractivity contribution in [2.75, 3.05) is 0 Å². The minimum absolute atomic E-state index is 0.129. The highest BCUT2D eigenvalue weighted by Crippen LogP contribution is 2.43. The molecule has 3 aliphatic carbocycles. The van der Waals surface area contributed by atoms with E-state index in [0.717, 1.165) is 25.7 Å². The fraction of sp³-hybridized carbons (Fsp3) is 1.00. The summed E-state index contributed by atoms with van der Waals surface area (Å²) in [4.78, 5) is 0. The molecule has 0 bridgehead atoms. The van der Waals surface area contributed by atoms with Gasteiger partial charge in [-0.25, -0.2) is 0 Å². The van der Waals surface area contributed by atoms with Crippen LogP contribution in [0.3, 0.4) is 0 Å². The Morgan fingerprint density at radius 1 is 0.810 bits per heavy atom. The molecule has 4 atom stereocenters. The zero-order valence-corrected chi connectivity index (χ0v) is 13.7. The normalized spacial score (nSPS) is 38.9. The van der Waals surface area contributed by atoms with Gasteiger partial charge in [0.15, 0.2) is 0 Å². The summed E-state index contributed by atoms with van der Waals surface area (Å²) in [6.45, 7) is 0. The predicted octanol–water partition coefficient (Wildman–Crippen LogP) is 3.13. The maximum Gasteiger partial charge on any atom is 0.268 e. The van der Waals surface area contributed by atoms with Gasteiger partial charge in [-0.3, -0.25) is 4.55 Å². The second kappa shape index (κ2) is 6.55. The molecule has 3 rings (SSSR count). The summed E-state index contributed by atoms with van der Waals surface area (Å²) in [5, 5.41) is 3.25. The minimum Gasteiger partial charge on any atom is -0.311 e. The van der Waals surface area contributed by atoms with Gasteiger partial charge >= 0.3 is 0 Å². The molecule has 3 aliphatic rings. The van der Waals surface area contributed by atoms with Crippen LogP contribution in [0.5, 0.6) is 0 Å². The second-order valence-corrected chi connectivity index (χ2v) is 9.00. The van der Waals surface area contributed by atoms with Crippen LogP contribution in [0.1, 0.15) is 70.6 Å². The molecule has 0 amide bonds. The first-order chi connectivity index (χ1) is 10.1. The topological polar surface area (TPSA) is 66.4 Å². The molecule has 0 heterocycles. The molecule has 0 aromatic carbocycles. The Morgan fingerprint density at radius 2 is 1.48 bits per heavy atom. The van der Waals surface area contributed by atoms with Gasteiger partial charge in [0.2, 0.25) is 0 Å². The molecular weight excluding hydrogens is 286 g/mol. The van der Waals surface area contributed by atoms with E-state index in [9.17, 15) is 13.0 Å². The van der Waals surface area contributed by atoms with Crippen LogP contribution in [0.15, 0.2) is 0 Å². The zero-order chi connectivity index (χ0) is 14.9. The molecular formula is C16H29NO3S. The van der Waals surface area contributed by atoms with Crippen molar-refractivity contribution >= 4 is 10.1 Å². The lowest BCUT2D eigenvalue weighted by Gasteiger charge is -2.46. The average Bonchev–Trinajstić information content (AvgIpc) is 2.47. The lowest BCUT2D eigenvalue weighted by molar-refractivity contribution is 0.113. The second-order valence-electron chi connectivity index (χ2n) is 7.36. The Hall–Kier alpha value is -0.130. The number of nitrogens with one attached hydrogen (secondary N) is 1. The molecule has 0 aromatic rings. The van der Waals surface area contributed by atoms with Crippen LogP contribution in [0, 0.1) is 11.8 Å². The quantitative estimate of drug-likeness (QED) is 0.785. The van der Waals surface area contributed by atoms with E-state index >= 15 is 0 Å². The van der Waals surface area contributed by atoms with Crippen LogP contribution in [0.2, 0.25) is 0 Å². The Bertz CT molecular complexity index is 442. The molecule has 0 aliphatic heterocycles. The molecule has 4 unspecified atom stereocenters. The molecule has 122 valence electrons. The van der Waals surface area contributed by atoms with E-state index in [2.05, 4.69) is 5.32 Å². The Morgan fingerprint density at radius 3 is 2.14 bits per heavy atom. The molecule has 0 saturated heterocycles. The lowest BCUT2D eigenvalue weighted by Crippen LogP contribution is -2.54. The third-order valence-electron chi connectivity index (χ3n) is 6.03. The van der Waals surface area contributed by atoms with Gasteiger partial charge in [0.1, 0.15) is 0 Å². The van der Waals surface area contributed by atoms with E-state index in [1.54, 1.807) is 0 Å². The lowest BCUT2D eigenvalue weighted by atomic mass is 9.67. The number of rotatable bonds is 3. The van der Waals surface area contributed by atoms with Crippen LogP contribution >= 0.6 is 0 Å². The summed E-state index contributed by atoms with van der Waals surface area (Å²) in [5.74, 6) is 0.616. The summed E-state index contributed by atoms with van der Waals surface area (Å²) in [5.41, 5.74) is 0. The highest BCUT2D eigenvalue weighted by Gasteiger charge is 2.46. The first-order valence-electron chi connectivity index (χ1n) is 8.78. The fourth-order valence-corrected chi connectivity index (χ4v) is 6.37. The first-order valence-corrected chi connectivity index (χ1v) is 10.3. The van der Waals surface area contributed by atoms with E-state index in [1.165, 1.54) is 38.5 Å². The monoisotopic (exact) mass is 315 g/mol. The Kier molecular flexibility index (Phi) is 4.91. The van der Waals surface area contributed by atoms with Crippen molar-refractivity contribution in [2.24, 2.45) is 11.8 Å². The van der Waals surface area contributed by atoms with Crippen LogP contribution in [0.4, 0.5) is 0 Å². The molecule has 2 N–H and O–H groups in total. The molecule has 0 spiro atoms. The van der Waals surface area contributed by atoms with Gasteiger partial charge in [-0.2, -0.15) is 8.42 Å². The van der Waals surface area contributed by atoms with E-state index < -0.39 is 15.4 Å². The third kappa shape index (κ3) is 3.62. The van der Waals surface area contributed by atoms with Gasteiger partial charge < -0.3 is 5.32 Å². The van der Waals surface area contributed by atoms with Crippen molar-refractivity contribution in [1.29, 1.82) is 0 Å². The Balaban J connectivity index is 1.74. The molecule has 5 heteroatoms. The van der Waals surface area contributed by atoms with E-state index in [-0.39, 0.29) is 5.92 Å². The molecule has 0 radical (unpaired) electrons. The SMILES string of the molecule is O=S(=O)(O)C1CCCC2CCCC(NC3CCCCC3)C21. The summed E-state index contributed by atoms with van der Waals surface area (Å²) in [6.07, 6.45) is 12.5. The third-order valence-corrected chi connectivity index (χ3v) is 7.34. The van der Waals surface area contributed by atoms with Gasteiger partial charge in [0.05, 0.1) is 5.25 Å². The van der Waals surface area contributed by atoms with Crippen molar-refractivity contribution in [3.05, 3.63) is 0 Å². The van der Waals surface area contributed by atoms with Crippen molar-refractivity contribution in [1.82, 2.24) is 5.32 Å². The number of hydrogen-bond donors (Lipinski definition) is 2. The summed E-state index contributed by atoms with van der Waals surface area (Å²) >= 11 is 0. The van der Waals surface area contributed by atoms with Gasteiger partial charge in [-0.05, 0) is 37.5 Å². The van der Waals surface area contributed by atoms with E-state index in [1.807, 2.05) is 0 Å². The van der Waals surface area contributed by atoms with Gasteiger partial charge in [-0.1, -0.05) is 44.9 Å². The number of hydrogen-bond acceptors (Lipinski definition) is 3. The minimum atomic E-state index is -3.91. The maximum absolute atomic E-state index is 11.8. The van der Waals surface area contributed by atoms with Gasteiger partial charge in [0.25, 0.3) is 10.1 Å². The largest absolute Gasteiger partial charge is 0.311 e. The van der Waals surface area contributed by atoms with Crippen molar-refractivity contribution in [3.63, 3.8) is 0 Å². The molecule has 3 saturated carbocycles. The predicted molar refractivity (Wildman–Crippen MR) is 83.8 cm³/mol. The van der Waals surface area contributed by atoms with Gasteiger partial charge in [0, 0.05) is 12.1 Å². The Labute approximate surface area is 128 Å².